The molecule has 10 unspecified atom stereocenters. The highest BCUT2D eigenvalue weighted by molar-refractivity contribution is 5.94. The van der Waals surface area contributed by atoms with Crippen LogP contribution in [0.3, 0.4) is 0 Å². The van der Waals surface area contributed by atoms with E-state index >= 15 is 0 Å². The first-order valence-electron chi connectivity index (χ1n) is 32.6. The van der Waals surface area contributed by atoms with Gasteiger partial charge in [0.15, 0.2) is 12.6 Å². The number of ether oxygens (including phenoxy) is 4. The van der Waals surface area contributed by atoms with Crippen LogP contribution in [0.1, 0.15) is 222 Å². The van der Waals surface area contributed by atoms with Gasteiger partial charge in [0.2, 0.25) is 0 Å². The average Bonchev–Trinajstić information content (AvgIpc) is 0.825. The van der Waals surface area contributed by atoms with Gasteiger partial charge < -0.3 is 91.3 Å². The van der Waals surface area contributed by atoms with E-state index in [4.69, 9.17) is 24.7 Å². The molecule has 2 heterocycles. The monoisotopic (exact) mass is 1340 g/mol. The average molecular weight is 1340 g/mol. The van der Waals surface area contributed by atoms with Gasteiger partial charge in [0.05, 0.1) is 56.8 Å². The maximum Gasteiger partial charge on any atom is 0.297 e. The van der Waals surface area contributed by atoms with Crippen LogP contribution in [0.25, 0.3) is 0 Å². The van der Waals surface area contributed by atoms with Crippen molar-refractivity contribution < 1.29 is 119 Å². The number of hydrogen-bond donors (Lipinski definition) is 14. The van der Waals surface area contributed by atoms with E-state index in [-0.39, 0.29) is 47.3 Å². The molecule has 2 rings (SSSR count). The number of aliphatic hydroxyl groups is 12. The molecule has 0 aliphatic carbocycles. The summed E-state index contributed by atoms with van der Waals surface area (Å²) in [6.07, 6.45) is 9.42. The molecule has 2 aliphatic rings. The molecule has 0 saturated carbocycles. The van der Waals surface area contributed by atoms with Crippen LogP contribution in [-0.2, 0) is 23.7 Å². The predicted octanol–water partition coefficient (Wildman–Crippen LogP) is 8.01. The Labute approximate surface area is 589 Å². The van der Waals surface area contributed by atoms with Crippen LogP contribution in [-0.4, -0.2) is 192 Å². The van der Waals surface area contributed by atoms with Gasteiger partial charge in [-0.3, -0.25) is 4.79 Å². The third kappa shape index (κ3) is 41.1. The molecule has 0 radical (unpaired) electrons. The zero-order valence-corrected chi connectivity index (χ0v) is 54.4. The predicted molar refractivity (Wildman–Crippen MR) is 404 cm³/mol. The summed E-state index contributed by atoms with van der Waals surface area (Å²) in [5.41, 5.74) is 5.91. The SMILES string of the molecule is CC#CC#CC#CC#CC#CC#CC#CC#CC#CC#CC#CC#CC(=O)N[C@@H](COC1OC(CO)C(O)C(O)C1O)[C@H](O)[C@H](O)CCCCCCCCCCCCCC.CCCCCCCCCCCCCC[C@@H](O)[C@@H](O)[C@@H](N)COC1OC(CO)C(O)C(O)C1O.[HH].[HH].[HH].[HH].[HH].[HH].[HH].[HH].[HH].[HH].[HH].[HH].[HH].[HH].[HH].[HH].[HH].[HH].[HH].[HH].[HH].[HH].[HH].[HH]. The molecular weight excluding hydrogens is 1190 g/mol. The van der Waals surface area contributed by atoms with E-state index in [9.17, 15) is 66.1 Å². The fourth-order valence-electron chi connectivity index (χ4n) is 9.40. The number of nitrogens with two attached hydrogens (primary N) is 1. The topological polar surface area (TPSA) is 335 Å². The Morgan fingerprint density at radius 3 is 1.03 bits per heavy atom. The number of aliphatic hydroxyl groups excluding tert-OH is 12. The van der Waals surface area contributed by atoms with Crippen molar-refractivity contribution in [3.05, 3.63) is 0 Å². The maximum absolute atomic E-state index is 12.7. The van der Waals surface area contributed by atoms with Gasteiger partial charge in [-0.1, -0.05) is 174 Å². The third-order valence-electron chi connectivity index (χ3n) is 14.9. The van der Waals surface area contributed by atoms with E-state index < -0.39 is 124 Å². The zero-order valence-electron chi connectivity index (χ0n) is 54.4. The molecule has 2 aliphatic heterocycles. The number of amides is 1. The highest BCUT2D eigenvalue weighted by Gasteiger charge is 2.46. The van der Waals surface area contributed by atoms with Gasteiger partial charge in [-0.2, -0.15) is 0 Å². The Hall–Kier alpha value is -6.49. The largest absolute Gasteiger partial charge is 0.394 e. The lowest BCUT2D eigenvalue weighted by molar-refractivity contribution is -0.303. The second-order valence-electron chi connectivity index (χ2n) is 22.4. The number of carbonyl (C=O) groups is 1. The lowest BCUT2D eigenvalue weighted by Crippen LogP contribution is -2.60. The third-order valence-corrected chi connectivity index (χ3v) is 14.9. The Kier molecular flexibility index (Phi) is 51.8. The first-order valence-corrected chi connectivity index (χ1v) is 32.6. The smallest absolute Gasteiger partial charge is 0.297 e. The molecule has 19 nitrogen and oxygen atoms in total. The van der Waals surface area contributed by atoms with Gasteiger partial charge in [-0.25, -0.2) is 0 Å². The first-order chi connectivity index (χ1) is 45.1. The van der Waals surface area contributed by atoms with Crippen molar-refractivity contribution in [2.45, 2.75) is 286 Å². The van der Waals surface area contributed by atoms with E-state index in [0.717, 1.165) is 38.5 Å². The summed E-state index contributed by atoms with van der Waals surface area (Å²) < 4.78 is 21.5. The van der Waals surface area contributed by atoms with Crippen molar-refractivity contribution in [3.8, 4) is 142 Å². The molecular formula is C74H148N2O17. The van der Waals surface area contributed by atoms with Crippen molar-refractivity contribution in [1.29, 1.82) is 0 Å². The van der Waals surface area contributed by atoms with Crippen molar-refractivity contribution >= 4 is 5.91 Å². The number of carbonyl (C=O) groups excluding carboxylic acids is 1. The Balaban J connectivity index is -0.0000000611. The van der Waals surface area contributed by atoms with E-state index in [1.165, 1.54) is 109 Å². The number of unbranched alkanes of at least 4 members (excludes halogenated alkanes) is 22. The Morgan fingerprint density at radius 2 is 0.710 bits per heavy atom. The molecule has 0 spiro atoms. The van der Waals surface area contributed by atoms with Crippen LogP contribution in [0.4, 0.5) is 0 Å². The van der Waals surface area contributed by atoms with Crippen molar-refractivity contribution in [1.82, 2.24) is 5.32 Å². The Bertz CT molecular complexity index is 2990. The van der Waals surface area contributed by atoms with Gasteiger partial charge in [0.1, 0.15) is 54.9 Å². The van der Waals surface area contributed by atoms with Crippen LogP contribution in [0.2, 0.25) is 0 Å². The molecule has 15 N–H and O–H groups in total. The second-order valence-corrected chi connectivity index (χ2v) is 22.4. The molecule has 16 atom stereocenters. The van der Waals surface area contributed by atoms with Gasteiger partial charge >= 0.3 is 0 Å². The summed E-state index contributed by atoms with van der Waals surface area (Å²) in [7, 11) is 0. The van der Waals surface area contributed by atoms with Crippen molar-refractivity contribution in [3.63, 3.8) is 0 Å². The van der Waals surface area contributed by atoms with E-state index in [0.29, 0.717) is 12.8 Å². The van der Waals surface area contributed by atoms with Crippen LogP contribution in [0.15, 0.2) is 0 Å². The minimum atomic E-state index is -1.70. The molecule has 0 aromatic carbocycles. The molecule has 0 aromatic rings. The molecule has 2 saturated heterocycles. The maximum atomic E-state index is 12.7. The fourth-order valence-corrected chi connectivity index (χ4v) is 9.40. The molecule has 1 amide bonds. The van der Waals surface area contributed by atoms with E-state index in [1.807, 2.05) is 0 Å². The molecule has 2 fully saturated rings. The van der Waals surface area contributed by atoms with Crippen LogP contribution in [0, 0.1) is 142 Å². The summed E-state index contributed by atoms with van der Waals surface area (Å²) in [6, 6.07) is -2.16. The molecule has 0 aromatic heterocycles. The quantitative estimate of drug-likeness (QED) is 0.0205. The summed E-state index contributed by atoms with van der Waals surface area (Å²) in [4.78, 5) is 12.7. The molecule has 93 heavy (non-hydrogen) atoms. The van der Waals surface area contributed by atoms with Gasteiger partial charge in [0, 0.05) is 75.7 Å². The lowest BCUT2D eigenvalue weighted by Gasteiger charge is -2.40. The van der Waals surface area contributed by atoms with Crippen LogP contribution in [0.5, 0.6) is 0 Å². The molecule has 19 heteroatoms. The minimum Gasteiger partial charge on any atom is -0.394 e. The van der Waals surface area contributed by atoms with Gasteiger partial charge in [0.25, 0.3) is 5.91 Å². The normalized spacial score (nSPS) is 21.6. The van der Waals surface area contributed by atoms with Gasteiger partial charge in [-0.05, 0) is 114 Å². The summed E-state index contributed by atoms with van der Waals surface area (Å²) >= 11 is 0. The zero-order chi connectivity index (χ0) is 68.5. The number of nitrogens with one attached hydrogen (secondary N) is 1. The number of rotatable bonds is 39. The Morgan fingerprint density at radius 1 is 0.419 bits per heavy atom. The van der Waals surface area contributed by atoms with Gasteiger partial charge in [-0.15, -0.1) is 0 Å². The first kappa shape index (κ1) is 84.5. The summed E-state index contributed by atoms with van der Waals surface area (Å²) in [5.74, 6) is 58.4. The van der Waals surface area contributed by atoms with E-state index in [1.54, 1.807) is 6.92 Å². The highest BCUT2D eigenvalue weighted by atomic mass is 16.7. The lowest BCUT2D eigenvalue weighted by atomic mass is 9.98. The summed E-state index contributed by atoms with van der Waals surface area (Å²) in [6.45, 7) is 4.17. The minimum absolute atomic E-state index is 0. The van der Waals surface area contributed by atoms with Crippen molar-refractivity contribution in [2.24, 2.45) is 5.73 Å². The van der Waals surface area contributed by atoms with Crippen LogP contribution >= 0.6 is 0 Å². The standard InChI is InChI=1S/C50H51NO9.C24H49NO8.24H2/c1-3-5-7-9-11-13-15-17-18-19-20-21-22-23-24-25-26-27-29-31-33-35-37-39-45(54)51-42(41-59-50-49(58)48(57)47(56)44(40-52)60-50)46(55)43(53)38-36-34-32-30-28-16-14-12-10-8-6-4-2;1-2-3-4-5-6-7-8-9-10-11-12-13-14-18(27)20(28)17(25)16-32-24-23(31)22(30)21(29)19(15-26)33-24;;;;;;;;;;;;;;;;;;;;;;;;/h42-44,46-50,52-53,55-58H,4,6,8,10,12,14,16,28,30,32,34,36,38,40-41H2,1-2H3,(H,51,54);17-24,26-31H,2-16,25H2,1H3;24*1H/t42-,43+,44?,46-,47?,48?,49?,50?;17-,18+,19?,20-,21?,22?,23?,24?;;;;;;;;;;;;;;;;;;;;;;;;/m00......................../s1. The van der Waals surface area contributed by atoms with Crippen molar-refractivity contribution in [2.75, 3.05) is 26.4 Å². The van der Waals surface area contributed by atoms with E-state index in [2.05, 4.69) is 161 Å². The second kappa shape index (κ2) is 57.0. The fraction of sp³-hybridized carbons (Fsp3) is 0.662. The number of hydrogen-bond acceptors (Lipinski definition) is 18. The molecule has 0 bridgehead atoms. The molecule has 556 valence electrons. The highest BCUT2D eigenvalue weighted by Crippen LogP contribution is 2.25. The van der Waals surface area contributed by atoms with Crippen LogP contribution < -0.4 is 11.1 Å². The summed E-state index contributed by atoms with van der Waals surface area (Å²) in [5, 5.41) is 124.